The van der Waals surface area contributed by atoms with E-state index in [0.717, 1.165) is 0 Å². The summed E-state index contributed by atoms with van der Waals surface area (Å²) in [6, 6.07) is 10.6. The predicted molar refractivity (Wildman–Crippen MR) is 156 cm³/mol. The van der Waals surface area contributed by atoms with Crippen molar-refractivity contribution in [3.8, 4) is 45.3 Å². The van der Waals surface area contributed by atoms with E-state index in [-0.39, 0.29) is 45.3 Å². The van der Waals surface area contributed by atoms with Crippen LogP contribution in [0.1, 0.15) is 22.3 Å². The highest BCUT2D eigenvalue weighted by Gasteiger charge is 2.55. The summed E-state index contributed by atoms with van der Waals surface area (Å²) in [5, 5.41) is 48.3. The fraction of sp³-hybridized carbons (Fsp3) is 0.172. The number of methoxy groups -OCH3 is 4. The zero-order chi connectivity index (χ0) is 32.5. The van der Waals surface area contributed by atoms with Gasteiger partial charge in [0.25, 0.3) is 0 Å². The quantitative estimate of drug-likeness (QED) is 0.149. The average Bonchev–Trinajstić information content (AvgIpc) is 3.46. The molecule has 4 aromatic carbocycles. The summed E-state index contributed by atoms with van der Waals surface area (Å²) in [4.78, 5) is 45.7. The normalized spacial score (nSPS) is 12.9. The van der Waals surface area contributed by atoms with Crippen LogP contribution in [0.5, 0.6) is 23.0 Å². The number of fused-ring (bicyclic) bond motifs is 10. The maximum Gasteiger partial charge on any atom is 0.311 e. The Hall–Kier alpha value is -6.32. The fourth-order valence-electron chi connectivity index (χ4n) is 6.50. The van der Waals surface area contributed by atoms with Gasteiger partial charge in [0.15, 0.2) is 23.0 Å². The Labute approximate surface area is 251 Å². The molecule has 0 saturated carbocycles. The molecule has 0 saturated heterocycles. The van der Waals surface area contributed by atoms with Crippen molar-refractivity contribution in [1.82, 2.24) is 0 Å². The van der Waals surface area contributed by atoms with Crippen LogP contribution in [0.15, 0.2) is 48.5 Å². The van der Waals surface area contributed by atoms with Gasteiger partial charge in [-0.25, -0.2) is 0 Å². The molecule has 0 radical (unpaired) electrons. The molecule has 0 aliphatic heterocycles. The second-order valence-corrected chi connectivity index (χ2v) is 10.1. The number of nitrogens with zero attached hydrogens (tertiary/aromatic N) is 4. The lowest BCUT2D eigenvalue weighted by Crippen LogP contribution is -2.26. The number of hydrogen-bond donors (Lipinski definition) is 0. The summed E-state index contributed by atoms with van der Waals surface area (Å²) >= 11 is 0. The highest BCUT2D eigenvalue weighted by molar-refractivity contribution is 5.98. The van der Waals surface area contributed by atoms with Crippen molar-refractivity contribution in [1.29, 1.82) is 0 Å². The van der Waals surface area contributed by atoms with Crippen molar-refractivity contribution in [2.24, 2.45) is 0 Å². The molecule has 0 fully saturated rings. The van der Waals surface area contributed by atoms with Gasteiger partial charge in [0.1, 0.15) is 0 Å². The van der Waals surface area contributed by atoms with Gasteiger partial charge in [0.2, 0.25) is 0 Å². The number of ether oxygens (including phenoxy) is 4. The Kier molecular flexibility index (Phi) is 6.31. The molecule has 2 aliphatic carbocycles. The summed E-state index contributed by atoms with van der Waals surface area (Å²) in [6.45, 7) is 0. The van der Waals surface area contributed by atoms with Crippen LogP contribution in [0.3, 0.4) is 0 Å². The maximum atomic E-state index is 12.1. The Morgan fingerprint density at radius 2 is 0.622 bits per heavy atom. The van der Waals surface area contributed by atoms with E-state index >= 15 is 0 Å². The fourth-order valence-corrected chi connectivity index (χ4v) is 6.50. The van der Waals surface area contributed by atoms with Gasteiger partial charge in [-0.05, 0) is 68.8 Å². The molecule has 0 N–H and O–H groups in total. The standard InChI is InChI=1S/C29H20N4O12/c1-42-25-9-17-13(5-21(25)30(34)35)14-6-22(31(36)37)26(43-2)10-18(14)29(17)19-11-27(44-3)23(32(38)39)7-15(19)16-8-24(33(40)41)28(45-4)12-20(16)29/h5-12H,1-4H3. The van der Waals surface area contributed by atoms with Crippen molar-refractivity contribution >= 4 is 22.7 Å². The van der Waals surface area contributed by atoms with E-state index in [2.05, 4.69) is 0 Å². The minimum absolute atomic E-state index is 0.134. The van der Waals surface area contributed by atoms with Gasteiger partial charge < -0.3 is 18.9 Å². The number of rotatable bonds is 8. The molecule has 4 aromatic rings. The highest BCUT2D eigenvalue weighted by Crippen LogP contribution is 2.66. The number of hydrogen-bond acceptors (Lipinski definition) is 12. The minimum Gasteiger partial charge on any atom is -0.490 e. The van der Waals surface area contributed by atoms with Crippen molar-refractivity contribution in [3.05, 3.63) is 111 Å². The molecule has 0 heterocycles. The first kappa shape index (κ1) is 28.8. The van der Waals surface area contributed by atoms with E-state index in [9.17, 15) is 40.5 Å². The van der Waals surface area contributed by atoms with E-state index < -0.39 is 47.9 Å². The summed E-state index contributed by atoms with van der Waals surface area (Å²) < 4.78 is 21.6. The van der Waals surface area contributed by atoms with Gasteiger partial charge in [-0.1, -0.05) is 0 Å². The van der Waals surface area contributed by atoms with Gasteiger partial charge in [-0.3, -0.25) is 40.5 Å². The summed E-state index contributed by atoms with van der Waals surface area (Å²) in [7, 11) is 4.97. The first-order valence-corrected chi connectivity index (χ1v) is 12.9. The van der Waals surface area contributed by atoms with E-state index in [1.807, 2.05) is 0 Å². The molecule has 16 heteroatoms. The monoisotopic (exact) mass is 616 g/mol. The molecule has 0 aromatic heterocycles. The van der Waals surface area contributed by atoms with E-state index in [1.54, 1.807) is 0 Å². The third-order valence-electron chi connectivity index (χ3n) is 8.26. The number of benzene rings is 4. The van der Waals surface area contributed by atoms with Gasteiger partial charge in [-0.2, -0.15) is 0 Å². The SMILES string of the molecule is COc1cc2c(cc1[N+](=O)[O-])-c1cc([N+](=O)[O-])c(OC)cc1C21c2cc(OC)c([N+](=O)[O-])cc2-c2cc([N+](=O)[O-])c(OC)cc21. The number of nitro groups is 4. The molecular formula is C29H20N4O12. The Balaban J connectivity index is 1.90. The molecule has 6 rings (SSSR count). The van der Waals surface area contributed by atoms with E-state index in [1.165, 1.54) is 77.0 Å². The van der Waals surface area contributed by atoms with Crippen molar-refractivity contribution in [3.63, 3.8) is 0 Å². The second-order valence-electron chi connectivity index (χ2n) is 10.1. The summed E-state index contributed by atoms with van der Waals surface area (Å²) in [5.74, 6) is -0.536. The van der Waals surface area contributed by atoms with Gasteiger partial charge >= 0.3 is 22.7 Å². The molecule has 2 aliphatic rings. The van der Waals surface area contributed by atoms with Crippen LogP contribution in [0.25, 0.3) is 22.3 Å². The third kappa shape index (κ3) is 3.71. The van der Waals surface area contributed by atoms with Crippen LogP contribution in [0.2, 0.25) is 0 Å². The van der Waals surface area contributed by atoms with Crippen molar-refractivity contribution < 1.29 is 38.6 Å². The first-order chi connectivity index (χ1) is 21.4. The first-order valence-electron chi connectivity index (χ1n) is 12.9. The molecule has 228 valence electrons. The van der Waals surface area contributed by atoms with Crippen LogP contribution in [0, 0.1) is 40.5 Å². The largest absolute Gasteiger partial charge is 0.490 e. The molecular weight excluding hydrogens is 596 g/mol. The zero-order valence-corrected chi connectivity index (χ0v) is 23.8. The summed E-state index contributed by atoms with van der Waals surface area (Å²) in [5.41, 5.74) is -0.825. The zero-order valence-electron chi connectivity index (χ0n) is 23.8. The Morgan fingerprint density at radius 3 is 0.778 bits per heavy atom. The van der Waals surface area contributed by atoms with E-state index in [0.29, 0.717) is 22.3 Å². The lowest BCUT2D eigenvalue weighted by atomic mass is 9.70. The molecule has 0 unspecified atom stereocenters. The Bertz CT molecular complexity index is 1750. The van der Waals surface area contributed by atoms with E-state index in [4.69, 9.17) is 18.9 Å². The molecule has 1 spiro atoms. The van der Waals surface area contributed by atoms with Crippen LogP contribution in [-0.4, -0.2) is 48.1 Å². The molecule has 16 nitrogen and oxygen atoms in total. The summed E-state index contributed by atoms with van der Waals surface area (Å²) in [6.07, 6.45) is 0. The van der Waals surface area contributed by atoms with Crippen LogP contribution >= 0.6 is 0 Å². The average molecular weight is 616 g/mol. The Morgan fingerprint density at radius 1 is 0.422 bits per heavy atom. The highest BCUT2D eigenvalue weighted by atomic mass is 16.6. The molecule has 0 atom stereocenters. The van der Waals surface area contributed by atoms with Crippen molar-refractivity contribution in [2.45, 2.75) is 5.41 Å². The third-order valence-corrected chi connectivity index (χ3v) is 8.26. The van der Waals surface area contributed by atoms with Crippen LogP contribution < -0.4 is 18.9 Å². The topological polar surface area (TPSA) is 209 Å². The van der Waals surface area contributed by atoms with Gasteiger partial charge in [0.05, 0.1) is 53.5 Å². The molecule has 0 amide bonds. The lowest BCUT2D eigenvalue weighted by Gasteiger charge is -2.31. The minimum atomic E-state index is -1.51. The predicted octanol–water partition coefficient (Wildman–Crippen LogP) is 5.70. The van der Waals surface area contributed by atoms with Crippen LogP contribution in [-0.2, 0) is 5.41 Å². The maximum absolute atomic E-state index is 12.1. The smallest absolute Gasteiger partial charge is 0.311 e. The van der Waals surface area contributed by atoms with Crippen molar-refractivity contribution in [2.75, 3.05) is 28.4 Å². The second kappa shape index (κ2) is 9.87. The van der Waals surface area contributed by atoms with Gasteiger partial charge in [-0.15, -0.1) is 0 Å². The molecule has 0 bridgehead atoms. The van der Waals surface area contributed by atoms with Crippen LogP contribution in [0.4, 0.5) is 22.7 Å². The number of nitro benzene ring substituents is 4. The van der Waals surface area contributed by atoms with Gasteiger partial charge in [0, 0.05) is 24.3 Å². The molecule has 45 heavy (non-hydrogen) atoms. The lowest BCUT2D eigenvalue weighted by molar-refractivity contribution is -0.386.